The predicted octanol–water partition coefficient (Wildman–Crippen LogP) is 2.32. The number of hydrogen-bond acceptors (Lipinski definition) is 3. The van der Waals surface area contributed by atoms with Gasteiger partial charge in [-0.1, -0.05) is 0 Å². The number of hydrogen-bond donors (Lipinski definition) is 0. The van der Waals surface area contributed by atoms with Gasteiger partial charge in [0.15, 0.2) is 0 Å². The molecule has 1 amide bonds. The number of thiazole rings is 1. The highest BCUT2D eigenvalue weighted by Crippen LogP contribution is 2.35. The predicted molar refractivity (Wildman–Crippen MR) is 61.1 cm³/mol. The van der Waals surface area contributed by atoms with Crippen LogP contribution in [-0.2, 0) is 0 Å². The standard InChI is InChI=1S/C11H16N2OS/c1-7-10(15-6-12-7)11(14)13(3)8(2)9-4-5-9/h6,8-9H,4-5H2,1-3H3. The molecule has 1 aliphatic carbocycles. The van der Waals surface area contributed by atoms with Gasteiger partial charge < -0.3 is 4.90 Å². The van der Waals surface area contributed by atoms with Crippen molar-refractivity contribution in [3.63, 3.8) is 0 Å². The fourth-order valence-electron chi connectivity index (χ4n) is 1.75. The van der Waals surface area contributed by atoms with Crippen LogP contribution < -0.4 is 0 Å². The van der Waals surface area contributed by atoms with Crippen LogP contribution in [0.15, 0.2) is 5.51 Å². The van der Waals surface area contributed by atoms with Crippen LogP contribution in [0, 0.1) is 12.8 Å². The van der Waals surface area contributed by atoms with E-state index in [-0.39, 0.29) is 5.91 Å². The first-order chi connectivity index (χ1) is 7.11. The van der Waals surface area contributed by atoms with E-state index in [1.807, 2.05) is 18.9 Å². The molecule has 0 spiro atoms. The van der Waals surface area contributed by atoms with Crippen molar-refractivity contribution in [2.45, 2.75) is 32.7 Å². The monoisotopic (exact) mass is 224 g/mol. The van der Waals surface area contributed by atoms with Crippen molar-refractivity contribution in [2.24, 2.45) is 5.92 Å². The zero-order valence-electron chi connectivity index (χ0n) is 9.36. The minimum absolute atomic E-state index is 0.120. The van der Waals surface area contributed by atoms with Gasteiger partial charge in [-0.05, 0) is 32.6 Å². The molecule has 82 valence electrons. The van der Waals surface area contributed by atoms with Crippen molar-refractivity contribution in [1.29, 1.82) is 0 Å². The van der Waals surface area contributed by atoms with Crippen molar-refractivity contribution in [3.8, 4) is 0 Å². The lowest BCUT2D eigenvalue weighted by Crippen LogP contribution is -2.36. The van der Waals surface area contributed by atoms with Crippen molar-refractivity contribution >= 4 is 17.2 Å². The van der Waals surface area contributed by atoms with Crippen molar-refractivity contribution in [2.75, 3.05) is 7.05 Å². The lowest BCUT2D eigenvalue weighted by atomic mass is 10.2. The molecule has 15 heavy (non-hydrogen) atoms. The maximum Gasteiger partial charge on any atom is 0.265 e. The van der Waals surface area contributed by atoms with Gasteiger partial charge in [-0.15, -0.1) is 11.3 Å². The number of amides is 1. The van der Waals surface area contributed by atoms with Crippen LogP contribution in [-0.4, -0.2) is 28.9 Å². The van der Waals surface area contributed by atoms with Gasteiger partial charge in [-0.2, -0.15) is 0 Å². The first-order valence-electron chi connectivity index (χ1n) is 5.28. The van der Waals surface area contributed by atoms with E-state index in [4.69, 9.17) is 0 Å². The molecule has 1 heterocycles. The van der Waals surface area contributed by atoms with Gasteiger partial charge >= 0.3 is 0 Å². The normalized spacial score (nSPS) is 17.5. The molecule has 1 saturated carbocycles. The molecule has 0 bridgehead atoms. The Morgan fingerprint density at radius 2 is 2.33 bits per heavy atom. The third-order valence-corrected chi connectivity index (χ3v) is 4.09. The lowest BCUT2D eigenvalue weighted by Gasteiger charge is -2.24. The Labute approximate surface area is 94.1 Å². The largest absolute Gasteiger partial charge is 0.338 e. The molecule has 0 saturated heterocycles. The molecule has 3 nitrogen and oxygen atoms in total. The van der Waals surface area contributed by atoms with E-state index >= 15 is 0 Å². The fourth-order valence-corrected chi connectivity index (χ4v) is 2.53. The van der Waals surface area contributed by atoms with E-state index in [1.165, 1.54) is 24.2 Å². The zero-order chi connectivity index (χ0) is 11.0. The van der Waals surface area contributed by atoms with E-state index < -0.39 is 0 Å². The first kappa shape index (κ1) is 10.6. The van der Waals surface area contributed by atoms with Gasteiger partial charge in [0.2, 0.25) is 0 Å². The van der Waals surface area contributed by atoms with Crippen molar-refractivity contribution in [1.82, 2.24) is 9.88 Å². The molecule has 0 N–H and O–H groups in total. The maximum absolute atomic E-state index is 12.1. The Morgan fingerprint density at radius 3 is 2.80 bits per heavy atom. The first-order valence-corrected chi connectivity index (χ1v) is 6.16. The molecule has 1 atom stereocenters. The van der Waals surface area contributed by atoms with Gasteiger partial charge in [-0.3, -0.25) is 4.79 Å². The Kier molecular flexibility index (Phi) is 2.78. The summed E-state index contributed by atoms with van der Waals surface area (Å²) in [5, 5.41) is 0. The number of aromatic nitrogens is 1. The highest BCUT2D eigenvalue weighted by Gasteiger charge is 2.33. The van der Waals surface area contributed by atoms with Crippen LogP contribution in [0.1, 0.15) is 35.1 Å². The van der Waals surface area contributed by atoms with Crippen molar-refractivity contribution < 1.29 is 4.79 Å². The molecular weight excluding hydrogens is 208 g/mol. The van der Waals surface area contributed by atoms with Crippen LogP contribution in [0.3, 0.4) is 0 Å². The number of carbonyl (C=O) groups is 1. The van der Waals surface area contributed by atoms with Gasteiger partial charge in [0.25, 0.3) is 5.91 Å². The van der Waals surface area contributed by atoms with Crippen LogP contribution in [0.2, 0.25) is 0 Å². The smallest absolute Gasteiger partial charge is 0.265 e. The van der Waals surface area contributed by atoms with Crippen LogP contribution in [0.5, 0.6) is 0 Å². The summed E-state index contributed by atoms with van der Waals surface area (Å²) in [4.78, 5) is 18.8. The minimum Gasteiger partial charge on any atom is -0.338 e. The van der Waals surface area contributed by atoms with E-state index in [9.17, 15) is 4.79 Å². The van der Waals surface area contributed by atoms with Gasteiger partial charge in [-0.25, -0.2) is 4.98 Å². The minimum atomic E-state index is 0.120. The van der Waals surface area contributed by atoms with Crippen LogP contribution in [0.4, 0.5) is 0 Å². The third-order valence-electron chi connectivity index (χ3n) is 3.18. The molecule has 1 aliphatic rings. The number of rotatable bonds is 3. The fraction of sp³-hybridized carbons (Fsp3) is 0.636. The highest BCUT2D eigenvalue weighted by molar-refractivity contribution is 7.11. The Bertz CT molecular complexity index is 370. The zero-order valence-corrected chi connectivity index (χ0v) is 10.2. The molecule has 1 unspecified atom stereocenters. The summed E-state index contributed by atoms with van der Waals surface area (Å²) in [6.45, 7) is 4.02. The van der Waals surface area contributed by atoms with Crippen LogP contribution in [0.25, 0.3) is 0 Å². The molecule has 0 aromatic carbocycles. The number of aryl methyl sites for hydroxylation is 1. The van der Waals surface area contributed by atoms with Gasteiger partial charge in [0.1, 0.15) is 4.88 Å². The van der Waals surface area contributed by atoms with E-state index in [0.717, 1.165) is 10.6 Å². The summed E-state index contributed by atoms with van der Waals surface area (Å²) in [5.41, 5.74) is 2.58. The van der Waals surface area contributed by atoms with Crippen LogP contribution >= 0.6 is 11.3 Å². The summed E-state index contributed by atoms with van der Waals surface area (Å²) in [6.07, 6.45) is 2.53. The number of nitrogens with zero attached hydrogens (tertiary/aromatic N) is 2. The summed E-state index contributed by atoms with van der Waals surface area (Å²) >= 11 is 1.43. The molecule has 0 radical (unpaired) electrons. The van der Waals surface area contributed by atoms with Gasteiger partial charge in [0.05, 0.1) is 11.2 Å². The Balaban J connectivity index is 2.10. The molecule has 0 aliphatic heterocycles. The quantitative estimate of drug-likeness (QED) is 0.789. The molecule has 4 heteroatoms. The molecule has 1 fully saturated rings. The summed E-state index contributed by atoms with van der Waals surface area (Å²) in [5.74, 6) is 0.835. The van der Waals surface area contributed by atoms with E-state index in [0.29, 0.717) is 12.0 Å². The summed E-state index contributed by atoms with van der Waals surface area (Å²) in [7, 11) is 1.89. The van der Waals surface area contributed by atoms with E-state index in [1.54, 1.807) is 5.51 Å². The third kappa shape index (κ3) is 2.04. The second kappa shape index (κ2) is 3.93. The average molecular weight is 224 g/mol. The molecule has 1 aromatic heterocycles. The molecule has 1 aromatic rings. The Morgan fingerprint density at radius 1 is 1.67 bits per heavy atom. The van der Waals surface area contributed by atoms with Crippen molar-refractivity contribution in [3.05, 3.63) is 16.1 Å². The SMILES string of the molecule is Cc1ncsc1C(=O)N(C)C(C)C1CC1. The summed E-state index contributed by atoms with van der Waals surface area (Å²) in [6, 6.07) is 0.360. The second-order valence-electron chi connectivity index (χ2n) is 4.26. The maximum atomic E-state index is 12.1. The summed E-state index contributed by atoms with van der Waals surface area (Å²) < 4.78 is 0. The second-order valence-corrected chi connectivity index (χ2v) is 5.12. The molecular formula is C11H16N2OS. The lowest BCUT2D eigenvalue weighted by molar-refractivity contribution is 0.0731. The molecule has 2 rings (SSSR count). The Hall–Kier alpha value is -0.900. The number of carbonyl (C=O) groups excluding carboxylic acids is 1. The van der Waals surface area contributed by atoms with E-state index in [2.05, 4.69) is 11.9 Å². The topological polar surface area (TPSA) is 33.2 Å². The highest BCUT2D eigenvalue weighted by atomic mass is 32.1. The average Bonchev–Trinajstić information content (AvgIpc) is 2.98. The van der Waals surface area contributed by atoms with Gasteiger partial charge in [0, 0.05) is 13.1 Å².